The lowest BCUT2D eigenvalue weighted by Gasteiger charge is -2.11. The van der Waals surface area contributed by atoms with Crippen molar-refractivity contribution in [3.8, 4) is 0 Å². The molecule has 0 saturated carbocycles. The molecule has 0 radical (unpaired) electrons. The number of nitrogens with two attached hydrogens (primary N) is 2. The van der Waals surface area contributed by atoms with Crippen LogP contribution in [0.2, 0.25) is 0 Å². The molecular formula is C14H21N7O2. The molecule has 0 saturated heterocycles. The van der Waals surface area contributed by atoms with Gasteiger partial charge in [-0.2, -0.15) is 0 Å². The van der Waals surface area contributed by atoms with Gasteiger partial charge in [-0.1, -0.05) is 0 Å². The first-order valence-corrected chi connectivity index (χ1v) is 7.28. The predicted molar refractivity (Wildman–Crippen MR) is 87.6 cm³/mol. The molecular weight excluding hydrogens is 298 g/mol. The fraction of sp³-hybridized carbons (Fsp3) is 0.429. The number of carbonyl (C=O) groups excluding carboxylic acids is 2. The summed E-state index contributed by atoms with van der Waals surface area (Å²) >= 11 is 0. The fourth-order valence-electron chi connectivity index (χ4n) is 2.28. The standard InChI is InChI=1S/C14H21N7O2/c1-21-9(14(23)18-7-6-10(15)16)3-5-12(21)20-13(22)8-2-4-11(17)19-8/h3,5,8H,2,4,6-7H2,1H3,(H3,15,16)(H2,17,19)(H,18,23)(H,20,22). The van der Waals surface area contributed by atoms with Gasteiger partial charge in [0, 0.05) is 26.4 Å². The van der Waals surface area contributed by atoms with E-state index in [1.54, 1.807) is 23.7 Å². The number of nitrogens with zero attached hydrogens (tertiary/aromatic N) is 2. The lowest BCUT2D eigenvalue weighted by molar-refractivity contribution is -0.117. The number of hydrogen-bond donors (Lipinski definition) is 5. The van der Waals surface area contributed by atoms with Crippen LogP contribution >= 0.6 is 0 Å². The van der Waals surface area contributed by atoms with Crippen molar-refractivity contribution in [2.45, 2.75) is 25.3 Å². The SMILES string of the molecule is Cn1c(NC(=O)C2CCC(N)=N2)ccc1C(=O)NCCC(=N)N. The minimum atomic E-state index is -0.474. The normalized spacial score (nSPS) is 16.7. The minimum absolute atomic E-state index is 0.0153. The average Bonchev–Trinajstić information content (AvgIpc) is 3.06. The van der Waals surface area contributed by atoms with Gasteiger partial charge in [-0.25, -0.2) is 0 Å². The van der Waals surface area contributed by atoms with Crippen molar-refractivity contribution in [2.24, 2.45) is 23.5 Å². The topological polar surface area (TPSA) is 151 Å². The van der Waals surface area contributed by atoms with Crippen LogP contribution in [0.3, 0.4) is 0 Å². The van der Waals surface area contributed by atoms with Gasteiger partial charge in [-0.3, -0.25) is 20.0 Å². The predicted octanol–water partition coefficient (Wildman–Crippen LogP) is -0.461. The van der Waals surface area contributed by atoms with Crippen molar-refractivity contribution in [3.63, 3.8) is 0 Å². The van der Waals surface area contributed by atoms with Gasteiger partial charge in [0.25, 0.3) is 5.91 Å². The fourth-order valence-corrected chi connectivity index (χ4v) is 2.28. The van der Waals surface area contributed by atoms with E-state index in [0.717, 1.165) is 0 Å². The molecule has 2 amide bonds. The molecule has 2 rings (SSSR count). The van der Waals surface area contributed by atoms with Crippen LogP contribution in [0.5, 0.6) is 0 Å². The van der Waals surface area contributed by atoms with Crippen molar-refractivity contribution in [2.75, 3.05) is 11.9 Å². The quantitative estimate of drug-likeness (QED) is 0.356. The van der Waals surface area contributed by atoms with Crippen LogP contribution in [0, 0.1) is 5.41 Å². The lowest BCUT2D eigenvalue weighted by atomic mass is 10.2. The molecule has 0 aliphatic carbocycles. The molecule has 9 heteroatoms. The number of aliphatic imine (C=N–C) groups is 1. The summed E-state index contributed by atoms with van der Waals surface area (Å²) in [6.07, 6.45) is 1.51. The lowest BCUT2D eigenvalue weighted by Crippen LogP contribution is -2.29. The smallest absolute Gasteiger partial charge is 0.267 e. The van der Waals surface area contributed by atoms with E-state index in [4.69, 9.17) is 16.9 Å². The number of hydrogen-bond acceptors (Lipinski definition) is 5. The van der Waals surface area contributed by atoms with E-state index in [1.165, 1.54) is 0 Å². The maximum absolute atomic E-state index is 12.1. The van der Waals surface area contributed by atoms with Crippen LogP contribution in [0.25, 0.3) is 0 Å². The maximum atomic E-state index is 12.1. The summed E-state index contributed by atoms with van der Waals surface area (Å²) in [6, 6.07) is 2.79. The zero-order valence-corrected chi connectivity index (χ0v) is 12.9. The zero-order valence-electron chi connectivity index (χ0n) is 12.9. The second kappa shape index (κ2) is 6.95. The molecule has 1 atom stereocenters. The Kier molecular flexibility index (Phi) is 4.99. The highest BCUT2D eigenvalue weighted by Crippen LogP contribution is 2.16. The second-order valence-electron chi connectivity index (χ2n) is 5.36. The molecule has 0 fully saturated rings. The molecule has 0 aromatic carbocycles. The number of anilines is 1. The molecule has 1 aliphatic rings. The van der Waals surface area contributed by atoms with Crippen LogP contribution in [-0.4, -0.2) is 40.6 Å². The molecule has 7 N–H and O–H groups in total. The maximum Gasteiger partial charge on any atom is 0.267 e. The van der Waals surface area contributed by atoms with E-state index in [0.29, 0.717) is 36.6 Å². The number of amides is 2. The highest BCUT2D eigenvalue weighted by Gasteiger charge is 2.24. The van der Waals surface area contributed by atoms with Crippen molar-refractivity contribution < 1.29 is 9.59 Å². The number of carbonyl (C=O) groups is 2. The molecule has 1 aliphatic heterocycles. The van der Waals surface area contributed by atoms with Gasteiger partial charge in [0.15, 0.2) is 0 Å². The number of nitrogens with one attached hydrogen (secondary N) is 3. The highest BCUT2D eigenvalue weighted by atomic mass is 16.2. The highest BCUT2D eigenvalue weighted by molar-refractivity contribution is 5.99. The largest absolute Gasteiger partial charge is 0.388 e. The Morgan fingerprint density at radius 3 is 2.83 bits per heavy atom. The van der Waals surface area contributed by atoms with Gasteiger partial charge >= 0.3 is 0 Å². The van der Waals surface area contributed by atoms with E-state index in [1.807, 2.05) is 0 Å². The third-order valence-electron chi connectivity index (χ3n) is 3.58. The molecule has 9 nitrogen and oxygen atoms in total. The minimum Gasteiger partial charge on any atom is -0.388 e. The molecule has 2 heterocycles. The summed E-state index contributed by atoms with van der Waals surface area (Å²) in [7, 11) is 1.68. The summed E-state index contributed by atoms with van der Waals surface area (Å²) in [5.74, 6) is 0.476. The van der Waals surface area contributed by atoms with Gasteiger partial charge in [0.2, 0.25) is 5.91 Å². The van der Waals surface area contributed by atoms with Crippen molar-refractivity contribution in [3.05, 3.63) is 17.8 Å². The van der Waals surface area contributed by atoms with Gasteiger partial charge in [0.05, 0.1) is 11.7 Å². The Labute approximate surface area is 133 Å². The van der Waals surface area contributed by atoms with E-state index in [-0.39, 0.29) is 24.2 Å². The van der Waals surface area contributed by atoms with Crippen molar-refractivity contribution >= 4 is 29.3 Å². The van der Waals surface area contributed by atoms with Gasteiger partial charge < -0.3 is 26.7 Å². The van der Waals surface area contributed by atoms with Crippen molar-refractivity contribution in [1.82, 2.24) is 9.88 Å². The molecule has 1 unspecified atom stereocenters. The summed E-state index contributed by atoms with van der Waals surface area (Å²) in [6.45, 7) is 0.289. The van der Waals surface area contributed by atoms with Gasteiger partial charge in [0.1, 0.15) is 17.6 Å². The summed E-state index contributed by atoms with van der Waals surface area (Å²) < 4.78 is 1.59. The van der Waals surface area contributed by atoms with Crippen LogP contribution in [0.15, 0.2) is 17.1 Å². The first kappa shape index (κ1) is 16.5. The summed E-state index contributed by atoms with van der Waals surface area (Å²) in [4.78, 5) is 28.2. The third-order valence-corrected chi connectivity index (χ3v) is 3.58. The average molecular weight is 319 g/mol. The first-order chi connectivity index (χ1) is 10.9. The summed E-state index contributed by atoms with van der Waals surface area (Å²) in [5.41, 5.74) is 11.2. The molecule has 0 spiro atoms. The monoisotopic (exact) mass is 319 g/mol. The number of rotatable bonds is 6. The molecule has 124 valence electrons. The van der Waals surface area contributed by atoms with E-state index < -0.39 is 6.04 Å². The Morgan fingerprint density at radius 1 is 1.48 bits per heavy atom. The number of aromatic nitrogens is 1. The van der Waals surface area contributed by atoms with Gasteiger partial charge in [-0.15, -0.1) is 0 Å². The number of amidine groups is 2. The zero-order chi connectivity index (χ0) is 17.0. The van der Waals surface area contributed by atoms with E-state index in [9.17, 15) is 9.59 Å². The van der Waals surface area contributed by atoms with E-state index in [2.05, 4.69) is 15.6 Å². The Hall–Kier alpha value is -2.84. The molecule has 23 heavy (non-hydrogen) atoms. The van der Waals surface area contributed by atoms with Crippen LogP contribution < -0.4 is 22.1 Å². The van der Waals surface area contributed by atoms with Gasteiger partial charge in [-0.05, 0) is 18.6 Å². The van der Waals surface area contributed by atoms with Crippen LogP contribution in [-0.2, 0) is 11.8 Å². The Balaban J connectivity index is 1.97. The molecule has 1 aromatic heterocycles. The first-order valence-electron chi connectivity index (χ1n) is 7.28. The Bertz CT molecular complexity index is 662. The van der Waals surface area contributed by atoms with E-state index >= 15 is 0 Å². The Morgan fingerprint density at radius 2 is 2.22 bits per heavy atom. The van der Waals surface area contributed by atoms with Crippen LogP contribution in [0.4, 0.5) is 5.82 Å². The molecule has 1 aromatic rings. The van der Waals surface area contributed by atoms with Crippen molar-refractivity contribution in [1.29, 1.82) is 5.41 Å². The second-order valence-corrected chi connectivity index (χ2v) is 5.36. The van der Waals surface area contributed by atoms with Crippen LogP contribution in [0.1, 0.15) is 29.8 Å². The summed E-state index contributed by atoms with van der Waals surface area (Å²) in [5, 5.41) is 12.5. The third kappa shape index (κ3) is 4.09. The molecule has 0 bridgehead atoms.